The van der Waals surface area contributed by atoms with Gasteiger partial charge in [0.1, 0.15) is 5.69 Å². The van der Waals surface area contributed by atoms with Crippen molar-refractivity contribution >= 4 is 11.7 Å². The predicted octanol–water partition coefficient (Wildman–Crippen LogP) is 4.16. The van der Waals surface area contributed by atoms with Gasteiger partial charge in [-0.15, -0.1) is 0 Å². The van der Waals surface area contributed by atoms with Gasteiger partial charge in [-0.1, -0.05) is 29.8 Å². The lowest BCUT2D eigenvalue weighted by Crippen LogP contribution is -2.31. The molecule has 1 aromatic carbocycles. The van der Waals surface area contributed by atoms with Crippen molar-refractivity contribution in [3.63, 3.8) is 0 Å². The van der Waals surface area contributed by atoms with Gasteiger partial charge in [0.15, 0.2) is 0 Å². The Hall–Kier alpha value is -2.23. The van der Waals surface area contributed by atoms with Gasteiger partial charge in [0.25, 0.3) is 0 Å². The summed E-state index contributed by atoms with van der Waals surface area (Å²) in [6.45, 7) is 6.28. The van der Waals surface area contributed by atoms with Gasteiger partial charge in [0.05, 0.1) is 12.3 Å². The second kappa shape index (κ2) is 6.90. The van der Waals surface area contributed by atoms with E-state index in [1.165, 1.54) is 24.8 Å². The lowest BCUT2D eigenvalue weighted by Gasteiger charge is -2.30. The van der Waals surface area contributed by atoms with E-state index in [0.717, 1.165) is 29.9 Å². The minimum Gasteiger partial charge on any atom is -0.461 e. The molecule has 0 atom stereocenters. The Morgan fingerprint density at radius 3 is 2.52 bits per heavy atom. The van der Waals surface area contributed by atoms with Gasteiger partial charge in [-0.05, 0) is 38.7 Å². The number of esters is 1. The molecule has 1 aliphatic rings. The number of hydrogen-bond acceptors (Lipinski definition) is 3. The second-order valence-corrected chi connectivity index (χ2v) is 6.06. The Balaban J connectivity index is 2.04. The quantitative estimate of drug-likeness (QED) is 0.862. The number of H-pyrrole nitrogens is 1. The van der Waals surface area contributed by atoms with Crippen molar-refractivity contribution in [1.29, 1.82) is 0 Å². The van der Waals surface area contributed by atoms with E-state index in [1.807, 2.05) is 13.1 Å². The van der Waals surface area contributed by atoms with E-state index in [9.17, 15) is 4.79 Å². The van der Waals surface area contributed by atoms with Crippen molar-refractivity contribution in [1.82, 2.24) is 4.98 Å². The molecule has 1 aliphatic heterocycles. The van der Waals surface area contributed by atoms with E-state index in [0.29, 0.717) is 12.3 Å². The third kappa shape index (κ3) is 3.26. The monoisotopic (exact) mass is 312 g/mol. The number of benzene rings is 1. The highest BCUT2D eigenvalue weighted by atomic mass is 16.5. The summed E-state index contributed by atoms with van der Waals surface area (Å²) in [6.07, 6.45) is 5.53. The van der Waals surface area contributed by atoms with E-state index >= 15 is 0 Å². The van der Waals surface area contributed by atoms with Crippen LogP contribution < -0.4 is 4.90 Å². The summed E-state index contributed by atoms with van der Waals surface area (Å²) in [5.74, 6) is -0.272. The minimum atomic E-state index is -0.272. The number of carbonyl (C=O) groups excluding carboxylic acids is 1. The molecule has 1 aromatic heterocycles. The summed E-state index contributed by atoms with van der Waals surface area (Å²) >= 11 is 0. The third-order valence-electron chi connectivity index (χ3n) is 4.37. The summed E-state index contributed by atoms with van der Waals surface area (Å²) < 4.78 is 5.23. The highest BCUT2D eigenvalue weighted by Crippen LogP contribution is 2.36. The van der Waals surface area contributed by atoms with Crippen molar-refractivity contribution in [3.8, 4) is 11.1 Å². The number of aromatic nitrogens is 1. The largest absolute Gasteiger partial charge is 0.461 e. The highest BCUT2D eigenvalue weighted by molar-refractivity contribution is 5.99. The molecule has 1 saturated heterocycles. The zero-order valence-electron chi connectivity index (χ0n) is 13.9. The van der Waals surface area contributed by atoms with Crippen LogP contribution in [0.1, 0.15) is 42.2 Å². The van der Waals surface area contributed by atoms with Crippen LogP contribution in [0.4, 0.5) is 5.69 Å². The Labute approximate surface area is 137 Å². The van der Waals surface area contributed by atoms with Gasteiger partial charge >= 0.3 is 5.97 Å². The lowest BCUT2D eigenvalue weighted by atomic mass is 10.0. The number of aryl methyl sites for hydroxylation is 1. The first-order valence-electron chi connectivity index (χ1n) is 8.41. The van der Waals surface area contributed by atoms with Crippen LogP contribution in [0.5, 0.6) is 0 Å². The van der Waals surface area contributed by atoms with Crippen LogP contribution in [-0.2, 0) is 4.74 Å². The maximum Gasteiger partial charge on any atom is 0.356 e. The summed E-state index contributed by atoms with van der Waals surface area (Å²) in [5.41, 5.74) is 5.00. The van der Waals surface area contributed by atoms with E-state index in [4.69, 9.17) is 4.74 Å². The first-order valence-corrected chi connectivity index (χ1v) is 8.41. The number of aromatic amines is 1. The average Bonchev–Trinajstić information content (AvgIpc) is 3.01. The summed E-state index contributed by atoms with van der Waals surface area (Å²) in [6, 6.07) is 8.43. The first kappa shape index (κ1) is 15.7. The van der Waals surface area contributed by atoms with Crippen molar-refractivity contribution in [2.75, 3.05) is 24.6 Å². The van der Waals surface area contributed by atoms with Crippen LogP contribution in [0, 0.1) is 6.92 Å². The molecule has 2 heterocycles. The fourth-order valence-electron chi connectivity index (χ4n) is 3.17. The summed E-state index contributed by atoms with van der Waals surface area (Å²) in [7, 11) is 0. The molecule has 0 radical (unpaired) electrons. The molecule has 0 amide bonds. The first-order chi connectivity index (χ1) is 11.2. The Morgan fingerprint density at radius 2 is 1.87 bits per heavy atom. The molecule has 0 unspecified atom stereocenters. The molecule has 4 nitrogen and oxygen atoms in total. The molecule has 3 rings (SSSR count). The van der Waals surface area contributed by atoms with Gasteiger partial charge in [-0.3, -0.25) is 0 Å². The predicted molar refractivity (Wildman–Crippen MR) is 93.0 cm³/mol. The molecule has 0 aliphatic carbocycles. The summed E-state index contributed by atoms with van der Waals surface area (Å²) in [5, 5.41) is 0. The van der Waals surface area contributed by atoms with Crippen molar-refractivity contribution in [2.24, 2.45) is 0 Å². The molecule has 0 spiro atoms. The Bertz CT molecular complexity index is 667. The third-order valence-corrected chi connectivity index (χ3v) is 4.37. The number of carbonyl (C=O) groups is 1. The minimum absolute atomic E-state index is 0.272. The zero-order chi connectivity index (χ0) is 16.2. The second-order valence-electron chi connectivity index (χ2n) is 6.06. The normalized spacial score (nSPS) is 14.8. The van der Waals surface area contributed by atoms with Crippen molar-refractivity contribution in [3.05, 3.63) is 41.7 Å². The van der Waals surface area contributed by atoms with Crippen LogP contribution in [0.15, 0.2) is 30.5 Å². The molecule has 1 N–H and O–H groups in total. The smallest absolute Gasteiger partial charge is 0.356 e. The van der Waals surface area contributed by atoms with Crippen molar-refractivity contribution in [2.45, 2.75) is 33.1 Å². The van der Waals surface area contributed by atoms with Crippen LogP contribution >= 0.6 is 0 Å². The molecule has 4 heteroatoms. The number of nitrogens with one attached hydrogen (secondary N) is 1. The fraction of sp³-hybridized carbons (Fsp3) is 0.421. The molecule has 0 bridgehead atoms. The van der Waals surface area contributed by atoms with Gasteiger partial charge in [-0.25, -0.2) is 4.79 Å². The Kier molecular flexibility index (Phi) is 4.70. The SMILES string of the molecule is CCOC(=O)c1[nH]cc(-c2ccc(C)cc2)c1N1CCCCC1. The molecule has 23 heavy (non-hydrogen) atoms. The summed E-state index contributed by atoms with van der Waals surface area (Å²) in [4.78, 5) is 17.8. The standard InChI is InChI=1S/C19H24N2O2/c1-3-23-19(22)17-18(21-11-5-4-6-12-21)16(13-20-17)15-9-7-14(2)8-10-15/h7-10,13,20H,3-6,11-12H2,1-2H3. The lowest BCUT2D eigenvalue weighted by molar-refractivity contribution is 0.0521. The van der Waals surface area contributed by atoms with Crippen molar-refractivity contribution < 1.29 is 9.53 Å². The fourth-order valence-corrected chi connectivity index (χ4v) is 3.17. The zero-order valence-corrected chi connectivity index (χ0v) is 13.9. The van der Waals surface area contributed by atoms with E-state index in [-0.39, 0.29) is 5.97 Å². The van der Waals surface area contributed by atoms with Crippen LogP contribution in [0.25, 0.3) is 11.1 Å². The number of nitrogens with zero attached hydrogens (tertiary/aromatic N) is 1. The van der Waals surface area contributed by atoms with Gasteiger partial charge in [-0.2, -0.15) is 0 Å². The molecule has 122 valence electrons. The number of hydrogen-bond donors (Lipinski definition) is 1. The molecular weight excluding hydrogens is 288 g/mol. The topological polar surface area (TPSA) is 45.3 Å². The van der Waals surface area contributed by atoms with E-state index < -0.39 is 0 Å². The highest BCUT2D eigenvalue weighted by Gasteiger charge is 2.25. The maximum atomic E-state index is 12.3. The average molecular weight is 312 g/mol. The van der Waals surface area contributed by atoms with Gasteiger partial charge < -0.3 is 14.6 Å². The molecular formula is C19H24N2O2. The molecule has 2 aromatic rings. The van der Waals surface area contributed by atoms with E-state index in [1.54, 1.807) is 0 Å². The van der Waals surface area contributed by atoms with Gasteiger partial charge in [0, 0.05) is 24.8 Å². The molecule has 1 fully saturated rings. The number of rotatable bonds is 4. The van der Waals surface area contributed by atoms with Gasteiger partial charge in [0.2, 0.25) is 0 Å². The number of ether oxygens (including phenoxy) is 1. The number of anilines is 1. The Morgan fingerprint density at radius 1 is 1.17 bits per heavy atom. The number of piperidine rings is 1. The van der Waals surface area contributed by atoms with Crippen LogP contribution in [0.2, 0.25) is 0 Å². The maximum absolute atomic E-state index is 12.3. The molecule has 0 saturated carbocycles. The van der Waals surface area contributed by atoms with E-state index in [2.05, 4.69) is 41.1 Å². The van der Waals surface area contributed by atoms with Crippen LogP contribution in [-0.4, -0.2) is 30.6 Å². The van der Waals surface area contributed by atoms with Crippen LogP contribution in [0.3, 0.4) is 0 Å².